The number of carbonyl (C=O) groups excluding carboxylic acids is 2. The zero-order valence-electron chi connectivity index (χ0n) is 10.4. The number of carbonyl (C=O) groups is 2. The normalized spacial score (nSPS) is 45.3. The van der Waals surface area contributed by atoms with Crippen molar-refractivity contribution in [3.05, 3.63) is 0 Å². The summed E-state index contributed by atoms with van der Waals surface area (Å²) in [4.78, 5) is 24.2. The van der Waals surface area contributed by atoms with Crippen LogP contribution in [0.5, 0.6) is 0 Å². The maximum atomic E-state index is 12.3. The number of hydrogen-bond donors (Lipinski definition) is 0. The predicted octanol–water partition coefficient (Wildman–Crippen LogP) is 0.102. The molecule has 18 heavy (non-hydrogen) atoms. The first-order valence-electron chi connectivity index (χ1n) is 6.15. The zero-order chi connectivity index (χ0) is 13.0. The fraction of sp³-hybridized carbons (Fsp3) is 0.833. The average Bonchev–Trinajstić information content (AvgIpc) is 2.62. The molecule has 3 rings (SSSR count). The summed E-state index contributed by atoms with van der Waals surface area (Å²) in [5, 5.41) is 0. The lowest BCUT2D eigenvalue weighted by Gasteiger charge is -2.55. The summed E-state index contributed by atoms with van der Waals surface area (Å²) < 4.78 is 21.5. The standard InChI is InChI=1S/C12H16O6/c1-3-16-10(14)11-7-4-8(11)9(13)6-18-12(11,15-2)17-5-7/h7-8H,3-6H2,1-2H3/t7-,8+,11+,12+/m1/s1. The van der Waals surface area contributed by atoms with Gasteiger partial charge in [0.25, 0.3) is 0 Å². The van der Waals surface area contributed by atoms with Crippen molar-refractivity contribution in [1.82, 2.24) is 0 Å². The van der Waals surface area contributed by atoms with Crippen LogP contribution in [-0.2, 0) is 28.5 Å². The highest BCUT2D eigenvalue weighted by molar-refractivity contribution is 5.94. The molecule has 3 fully saturated rings. The molecule has 100 valence electrons. The Morgan fingerprint density at radius 1 is 1.50 bits per heavy atom. The molecule has 0 aromatic heterocycles. The van der Waals surface area contributed by atoms with Crippen molar-refractivity contribution in [2.24, 2.45) is 17.3 Å². The van der Waals surface area contributed by atoms with E-state index in [2.05, 4.69) is 0 Å². The Bertz CT molecular complexity index is 407. The Morgan fingerprint density at radius 2 is 2.28 bits per heavy atom. The molecule has 0 N–H and O–H groups in total. The summed E-state index contributed by atoms with van der Waals surface area (Å²) >= 11 is 0. The number of methoxy groups -OCH3 is 1. The third kappa shape index (κ3) is 1.09. The molecular formula is C12H16O6. The van der Waals surface area contributed by atoms with E-state index >= 15 is 0 Å². The van der Waals surface area contributed by atoms with Crippen LogP contribution in [0.15, 0.2) is 0 Å². The first kappa shape index (κ1) is 12.1. The van der Waals surface area contributed by atoms with Crippen LogP contribution < -0.4 is 0 Å². The molecule has 6 heteroatoms. The first-order chi connectivity index (χ1) is 8.62. The lowest BCUT2D eigenvalue weighted by Crippen LogP contribution is -2.71. The van der Waals surface area contributed by atoms with Gasteiger partial charge in [-0.1, -0.05) is 0 Å². The van der Waals surface area contributed by atoms with Gasteiger partial charge in [-0.15, -0.1) is 0 Å². The maximum absolute atomic E-state index is 12.3. The molecule has 0 radical (unpaired) electrons. The summed E-state index contributed by atoms with van der Waals surface area (Å²) in [6.07, 6.45) is 0.645. The van der Waals surface area contributed by atoms with Crippen molar-refractivity contribution in [3.8, 4) is 0 Å². The number of hydrogen-bond acceptors (Lipinski definition) is 6. The second-order valence-corrected chi connectivity index (χ2v) is 4.90. The van der Waals surface area contributed by atoms with Crippen molar-refractivity contribution >= 4 is 11.8 Å². The Morgan fingerprint density at radius 3 is 2.94 bits per heavy atom. The topological polar surface area (TPSA) is 71.1 Å². The van der Waals surface area contributed by atoms with Crippen molar-refractivity contribution in [2.75, 3.05) is 26.9 Å². The van der Waals surface area contributed by atoms with Crippen molar-refractivity contribution in [1.29, 1.82) is 0 Å². The lowest BCUT2D eigenvalue weighted by atomic mass is 9.50. The lowest BCUT2D eigenvalue weighted by molar-refractivity contribution is -0.409. The predicted molar refractivity (Wildman–Crippen MR) is 57.3 cm³/mol. The summed E-state index contributed by atoms with van der Waals surface area (Å²) in [7, 11) is 1.43. The van der Waals surface area contributed by atoms with Gasteiger partial charge in [0.05, 0.1) is 13.2 Å². The molecule has 3 aliphatic rings. The van der Waals surface area contributed by atoms with Gasteiger partial charge in [-0.25, -0.2) is 0 Å². The molecule has 2 saturated heterocycles. The average molecular weight is 256 g/mol. The van der Waals surface area contributed by atoms with Gasteiger partial charge in [-0.05, 0) is 13.3 Å². The number of ether oxygens (including phenoxy) is 4. The first-order valence-corrected chi connectivity index (χ1v) is 6.15. The maximum Gasteiger partial charge on any atom is 0.321 e. The van der Waals surface area contributed by atoms with Gasteiger partial charge in [-0.2, -0.15) is 0 Å². The zero-order valence-corrected chi connectivity index (χ0v) is 10.4. The highest BCUT2D eigenvalue weighted by Crippen LogP contribution is 2.66. The van der Waals surface area contributed by atoms with E-state index < -0.39 is 23.3 Å². The third-order valence-electron chi connectivity index (χ3n) is 4.37. The van der Waals surface area contributed by atoms with Crippen molar-refractivity contribution < 1.29 is 28.5 Å². The van der Waals surface area contributed by atoms with Gasteiger partial charge >= 0.3 is 11.9 Å². The number of rotatable bonds is 3. The van der Waals surface area contributed by atoms with Gasteiger partial charge in [0, 0.05) is 18.9 Å². The molecule has 6 nitrogen and oxygen atoms in total. The van der Waals surface area contributed by atoms with Crippen LogP contribution in [0.25, 0.3) is 0 Å². The molecule has 0 bridgehead atoms. The minimum absolute atomic E-state index is 0.0641. The Hall–Kier alpha value is -0.980. The molecule has 2 aliphatic heterocycles. The van der Waals surface area contributed by atoms with Gasteiger partial charge < -0.3 is 18.9 Å². The second-order valence-electron chi connectivity index (χ2n) is 4.90. The molecule has 1 saturated carbocycles. The monoisotopic (exact) mass is 256 g/mol. The molecule has 0 spiro atoms. The van der Waals surface area contributed by atoms with E-state index in [1.54, 1.807) is 6.92 Å². The number of ketones is 1. The van der Waals surface area contributed by atoms with Crippen LogP contribution in [0.3, 0.4) is 0 Å². The summed E-state index contributed by atoms with van der Waals surface area (Å²) in [5.41, 5.74) is -1.10. The highest BCUT2D eigenvalue weighted by Gasteiger charge is 2.81. The van der Waals surface area contributed by atoms with Crippen LogP contribution in [0, 0.1) is 17.3 Å². The van der Waals surface area contributed by atoms with Crippen LogP contribution in [-0.4, -0.2) is 44.7 Å². The van der Waals surface area contributed by atoms with Gasteiger partial charge in [0.2, 0.25) is 0 Å². The van der Waals surface area contributed by atoms with Crippen molar-refractivity contribution in [3.63, 3.8) is 0 Å². The van der Waals surface area contributed by atoms with Crippen LogP contribution in [0.1, 0.15) is 13.3 Å². The molecule has 0 amide bonds. The molecule has 2 heterocycles. The molecule has 0 aromatic carbocycles. The van der Waals surface area contributed by atoms with Gasteiger partial charge in [0.15, 0.2) is 11.2 Å². The SMILES string of the molecule is CCOC(=O)[C@@]12[C@H]3CO[C@]1(OC)OCC(=O)[C@@H]2C3. The summed E-state index contributed by atoms with van der Waals surface area (Å²) in [6.45, 7) is 2.27. The van der Waals surface area contributed by atoms with Gasteiger partial charge in [-0.3, -0.25) is 9.59 Å². The summed E-state index contributed by atoms with van der Waals surface area (Å²) in [5.74, 6) is -2.43. The van der Waals surface area contributed by atoms with Crippen LogP contribution in [0.2, 0.25) is 0 Å². The van der Waals surface area contributed by atoms with Crippen molar-refractivity contribution in [2.45, 2.75) is 19.3 Å². The molecule has 1 aliphatic carbocycles. The fourth-order valence-electron chi connectivity index (χ4n) is 3.56. The fourth-order valence-corrected chi connectivity index (χ4v) is 3.56. The Labute approximate surface area is 105 Å². The number of Topliss-reactive ketones (excluding diaryl/α,β-unsaturated/α-hetero) is 1. The van der Waals surface area contributed by atoms with Crippen LogP contribution in [0.4, 0.5) is 0 Å². The Balaban J connectivity index is 2.06. The highest BCUT2D eigenvalue weighted by atomic mass is 16.9. The van der Waals surface area contributed by atoms with E-state index in [1.807, 2.05) is 0 Å². The Kier molecular flexibility index (Phi) is 2.52. The third-order valence-corrected chi connectivity index (χ3v) is 4.37. The van der Waals surface area contributed by atoms with E-state index in [0.29, 0.717) is 13.0 Å². The van der Waals surface area contributed by atoms with E-state index in [4.69, 9.17) is 18.9 Å². The summed E-state index contributed by atoms with van der Waals surface area (Å²) in [6, 6.07) is 0. The largest absolute Gasteiger partial charge is 0.465 e. The minimum atomic E-state index is -1.44. The minimum Gasteiger partial charge on any atom is -0.465 e. The quantitative estimate of drug-likeness (QED) is 0.667. The van der Waals surface area contributed by atoms with E-state index in [9.17, 15) is 9.59 Å². The van der Waals surface area contributed by atoms with E-state index in [1.165, 1.54) is 7.11 Å². The molecule has 0 aromatic rings. The molecule has 4 atom stereocenters. The second kappa shape index (κ2) is 3.76. The van der Waals surface area contributed by atoms with Gasteiger partial charge in [0.1, 0.15) is 6.61 Å². The molecular weight excluding hydrogens is 240 g/mol. The van der Waals surface area contributed by atoms with E-state index in [0.717, 1.165) is 0 Å². The smallest absolute Gasteiger partial charge is 0.321 e. The van der Waals surface area contributed by atoms with Crippen LogP contribution >= 0.6 is 0 Å². The number of esters is 1. The molecule has 0 unspecified atom stereocenters. The van der Waals surface area contributed by atoms with E-state index in [-0.39, 0.29) is 24.9 Å².